The molecular formula is C11H13NO7S. The number of methoxy groups -OCH3 is 2. The van der Waals surface area contributed by atoms with Crippen LogP contribution in [0.3, 0.4) is 0 Å². The van der Waals surface area contributed by atoms with Crippen LogP contribution in [0.25, 0.3) is 0 Å². The monoisotopic (exact) mass is 303 g/mol. The second kappa shape index (κ2) is 6.24. The van der Waals surface area contributed by atoms with Crippen LogP contribution in [0, 0.1) is 0 Å². The first kappa shape index (κ1) is 15.8. The minimum atomic E-state index is -4.07. The summed E-state index contributed by atoms with van der Waals surface area (Å²) in [6.45, 7) is 0. The van der Waals surface area contributed by atoms with Crippen LogP contribution in [0.5, 0.6) is 5.75 Å². The van der Waals surface area contributed by atoms with Crippen molar-refractivity contribution < 1.29 is 32.6 Å². The molecule has 9 heteroatoms. The quantitative estimate of drug-likeness (QED) is 0.726. The maximum atomic E-state index is 11.7. The van der Waals surface area contributed by atoms with Gasteiger partial charge in [-0.05, 0) is 12.1 Å². The molecule has 0 bridgehead atoms. The van der Waals surface area contributed by atoms with Gasteiger partial charge in [-0.1, -0.05) is 0 Å². The Kier molecular flexibility index (Phi) is 4.92. The van der Waals surface area contributed by atoms with Gasteiger partial charge in [0.1, 0.15) is 5.75 Å². The third-order valence-corrected chi connectivity index (χ3v) is 3.40. The number of rotatable bonds is 6. The van der Waals surface area contributed by atoms with Gasteiger partial charge in [-0.3, -0.25) is 9.52 Å². The van der Waals surface area contributed by atoms with Crippen LogP contribution < -0.4 is 9.46 Å². The normalized spacial score (nSPS) is 10.7. The average Bonchev–Trinajstić information content (AvgIpc) is 2.36. The van der Waals surface area contributed by atoms with Crippen molar-refractivity contribution in [3.05, 3.63) is 23.8 Å². The summed E-state index contributed by atoms with van der Waals surface area (Å²) in [5.74, 6) is -2.92. The number of ether oxygens (including phenoxy) is 2. The van der Waals surface area contributed by atoms with Crippen molar-refractivity contribution in [2.75, 3.05) is 24.7 Å². The molecule has 8 nitrogen and oxygen atoms in total. The number of carbonyl (C=O) groups excluding carboxylic acids is 1. The zero-order valence-corrected chi connectivity index (χ0v) is 11.6. The Bertz CT molecular complexity index is 624. The number of carbonyl (C=O) groups is 2. The van der Waals surface area contributed by atoms with Crippen molar-refractivity contribution in [1.82, 2.24) is 0 Å². The summed E-state index contributed by atoms with van der Waals surface area (Å²) in [5, 5.41) is 8.99. The molecule has 0 spiro atoms. The number of esters is 1. The molecule has 0 heterocycles. The van der Waals surface area contributed by atoms with Crippen molar-refractivity contribution in [2.24, 2.45) is 0 Å². The summed E-state index contributed by atoms with van der Waals surface area (Å²) in [6.07, 6.45) is 0. The fourth-order valence-electron chi connectivity index (χ4n) is 1.34. The molecule has 0 fully saturated rings. The zero-order chi connectivity index (χ0) is 15.3. The van der Waals surface area contributed by atoms with Crippen molar-refractivity contribution in [2.45, 2.75) is 0 Å². The van der Waals surface area contributed by atoms with Crippen LogP contribution in [-0.2, 0) is 19.6 Å². The summed E-state index contributed by atoms with van der Waals surface area (Å²) < 4.78 is 34.5. The van der Waals surface area contributed by atoms with E-state index in [1.165, 1.54) is 25.3 Å². The maximum absolute atomic E-state index is 11.7. The smallest absolute Gasteiger partial charge is 0.337 e. The lowest BCUT2D eigenvalue weighted by Gasteiger charge is -2.11. The van der Waals surface area contributed by atoms with Gasteiger partial charge in [0.25, 0.3) is 0 Å². The van der Waals surface area contributed by atoms with E-state index >= 15 is 0 Å². The van der Waals surface area contributed by atoms with Gasteiger partial charge in [0.05, 0.1) is 25.5 Å². The molecule has 0 aliphatic heterocycles. The Hall–Kier alpha value is -2.29. The van der Waals surface area contributed by atoms with Gasteiger partial charge < -0.3 is 14.6 Å². The molecule has 0 aliphatic rings. The van der Waals surface area contributed by atoms with Crippen LogP contribution in [0.15, 0.2) is 18.2 Å². The number of anilines is 1. The van der Waals surface area contributed by atoms with E-state index in [1.807, 2.05) is 4.72 Å². The number of carboxylic acids is 1. The Labute approximate surface area is 115 Å². The molecule has 110 valence electrons. The first-order chi connectivity index (χ1) is 9.29. The Morgan fingerprint density at radius 1 is 1.30 bits per heavy atom. The number of aromatic carboxylic acids is 1. The fourth-order valence-corrected chi connectivity index (χ4v) is 2.34. The highest BCUT2D eigenvalue weighted by atomic mass is 32.2. The molecular weight excluding hydrogens is 290 g/mol. The Morgan fingerprint density at radius 2 is 1.95 bits per heavy atom. The molecule has 0 unspecified atom stereocenters. The predicted molar refractivity (Wildman–Crippen MR) is 69.4 cm³/mol. The van der Waals surface area contributed by atoms with Crippen LogP contribution in [0.4, 0.5) is 5.69 Å². The van der Waals surface area contributed by atoms with E-state index in [9.17, 15) is 18.0 Å². The van der Waals surface area contributed by atoms with E-state index in [0.29, 0.717) is 0 Å². The molecule has 0 aliphatic carbocycles. The Balaban J connectivity index is 3.12. The van der Waals surface area contributed by atoms with E-state index in [-0.39, 0.29) is 17.0 Å². The topological polar surface area (TPSA) is 119 Å². The Morgan fingerprint density at radius 3 is 2.45 bits per heavy atom. The zero-order valence-electron chi connectivity index (χ0n) is 10.7. The first-order valence-electron chi connectivity index (χ1n) is 5.27. The number of hydrogen-bond donors (Lipinski definition) is 2. The standard InChI is InChI=1S/C11H13NO7S/c1-18-7-3-4-8(11(14)15)9(5-7)12-20(16,17)6-10(13)19-2/h3-5,12H,6H2,1-2H3,(H,14,15). The second-order valence-electron chi connectivity index (χ2n) is 3.65. The molecule has 1 aromatic rings. The highest BCUT2D eigenvalue weighted by molar-refractivity contribution is 7.93. The van der Waals surface area contributed by atoms with Gasteiger partial charge in [-0.2, -0.15) is 0 Å². The summed E-state index contributed by atoms with van der Waals surface area (Å²) in [5.41, 5.74) is -0.458. The lowest BCUT2D eigenvalue weighted by atomic mass is 10.2. The molecule has 20 heavy (non-hydrogen) atoms. The summed E-state index contributed by atoms with van der Waals surface area (Å²) in [7, 11) is -1.67. The number of carboxylic acid groups (broad SMARTS) is 1. The first-order valence-corrected chi connectivity index (χ1v) is 6.93. The van der Waals surface area contributed by atoms with E-state index in [4.69, 9.17) is 9.84 Å². The molecule has 0 amide bonds. The molecule has 2 N–H and O–H groups in total. The summed E-state index contributed by atoms with van der Waals surface area (Å²) in [6, 6.07) is 3.77. The minimum Gasteiger partial charge on any atom is -0.497 e. The lowest BCUT2D eigenvalue weighted by molar-refractivity contribution is -0.137. The fraction of sp³-hybridized carbons (Fsp3) is 0.273. The van der Waals surface area contributed by atoms with Gasteiger partial charge in [-0.15, -0.1) is 0 Å². The van der Waals surface area contributed by atoms with Gasteiger partial charge in [0.15, 0.2) is 5.75 Å². The third kappa shape index (κ3) is 4.12. The van der Waals surface area contributed by atoms with Crippen molar-refractivity contribution in [1.29, 1.82) is 0 Å². The molecule has 1 aromatic carbocycles. The highest BCUT2D eigenvalue weighted by Gasteiger charge is 2.20. The van der Waals surface area contributed by atoms with Crippen molar-refractivity contribution in [3.8, 4) is 5.75 Å². The number of benzene rings is 1. The number of hydrogen-bond acceptors (Lipinski definition) is 6. The highest BCUT2D eigenvalue weighted by Crippen LogP contribution is 2.23. The maximum Gasteiger partial charge on any atom is 0.337 e. The van der Waals surface area contributed by atoms with Crippen molar-refractivity contribution >= 4 is 27.6 Å². The number of nitrogens with one attached hydrogen (secondary N) is 1. The van der Waals surface area contributed by atoms with Crippen LogP contribution in [-0.4, -0.2) is 45.4 Å². The largest absolute Gasteiger partial charge is 0.497 e. The van der Waals surface area contributed by atoms with Crippen molar-refractivity contribution in [3.63, 3.8) is 0 Å². The lowest BCUT2D eigenvalue weighted by Crippen LogP contribution is -2.24. The van der Waals surface area contributed by atoms with Gasteiger partial charge in [0.2, 0.25) is 10.0 Å². The molecule has 0 saturated carbocycles. The van der Waals surface area contributed by atoms with E-state index in [1.54, 1.807) is 0 Å². The summed E-state index contributed by atoms with van der Waals surface area (Å²) in [4.78, 5) is 22.0. The SMILES string of the molecule is COC(=O)CS(=O)(=O)Nc1cc(OC)ccc1C(=O)O. The minimum absolute atomic E-state index is 0.194. The molecule has 0 saturated heterocycles. The van der Waals surface area contributed by atoms with Gasteiger partial charge in [0, 0.05) is 6.07 Å². The third-order valence-electron chi connectivity index (χ3n) is 2.26. The van der Waals surface area contributed by atoms with E-state index in [2.05, 4.69) is 4.74 Å². The van der Waals surface area contributed by atoms with Crippen LogP contribution >= 0.6 is 0 Å². The van der Waals surface area contributed by atoms with E-state index in [0.717, 1.165) is 7.11 Å². The number of sulfonamides is 1. The average molecular weight is 303 g/mol. The predicted octanol–water partition coefficient (Wildman–Crippen LogP) is 0.308. The van der Waals surface area contributed by atoms with Gasteiger partial charge in [-0.25, -0.2) is 13.2 Å². The van der Waals surface area contributed by atoms with Crippen LogP contribution in [0.2, 0.25) is 0 Å². The van der Waals surface area contributed by atoms with Gasteiger partial charge >= 0.3 is 11.9 Å². The van der Waals surface area contributed by atoms with E-state index < -0.39 is 27.7 Å². The molecule has 1 rings (SSSR count). The second-order valence-corrected chi connectivity index (χ2v) is 5.38. The molecule has 0 atom stereocenters. The van der Waals surface area contributed by atoms with Crippen LogP contribution in [0.1, 0.15) is 10.4 Å². The summed E-state index contributed by atoms with van der Waals surface area (Å²) >= 11 is 0. The molecule has 0 aromatic heterocycles. The molecule has 0 radical (unpaired) electrons.